The van der Waals surface area contributed by atoms with E-state index in [-0.39, 0.29) is 5.03 Å². The van der Waals surface area contributed by atoms with Crippen LogP contribution in [0.4, 0.5) is 5.95 Å². The molecule has 2 aromatic heterocycles. The maximum absolute atomic E-state index is 12.4. The monoisotopic (exact) mass is 319 g/mol. The summed E-state index contributed by atoms with van der Waals surface area (Å²) in [4.78, 5) is 8.28. The number of nitrogens with one attached hydrogen (secondary N) is 1. The van der Waals surface area contributed by atoms with Crippen molar-refractivity contribution in [2.24, 2.45) is 7.05 Å². The van der Waals surface area contributed by atoms with E-state index in [4.69, 9.17) is 0 Å². The summed E-state index contributed by atoms with van der Waals surface area (Å²) < 4.78 is 30.8. The van der Waals surface area contributed by atoms with Gasteiger partial charge in [0.25, 0.3) is 10.0 Å². The zero-order valence-corrected chi connectivity index (χ0v) is 13.2. The summed E-state index contributed by atoms with van der Waals surface area (Å²) in [6.07, 6.45) is 3.78. The van der Waals surface area contributed by atoms with Crippen molar-refractivity contribution in [3.63, 3.8) is 0 Å². The number of imidazole rings is 2. The molecule has 0 saturated heterocycles. The number of aryl methyl sites for hydroxylation is 2. The SMILES string of the molecule is CCCn1c(NS(=O)(=O)c2cn(C)cn2)nc2ccccc21. The topological polar surface area (TPSA) is 81.8 Å². The third kappa shape index (κ3) is 2.57. The number of hydrogen-bond donors (Lipinski definition) is 1. The molecule has 8 heteroatoms. The van der Waals surface area contributed by atoms with E-state index in [2.05, 4.69) is 14.7 Å². The Labute approximate surface area is 128 Å². The third-order valence-electron chi connectivity index (χ3n) is 3.28. The first kappa shape index (κ1) is 14.6. The summed E-state index contributed by atoms with van der Waals surface area (Å²) in [5.41, 5.74) is 1.66. The van der Waals surface area contributed by atoms with Gasteiger partial charge in [-0.3, -0.25) is 0 Å². The summed E-state index contributed by atoms with van der Waals surface area (Å²) in [5, 5.41) is -0.0231. The van der Waals surface area contributed by atoms with Crippen molar-refractivity contribution in [2.45, 2.75) is 24.9 Å². The van der Waals surface area contributed by atoms with Crippen LogP contribution >= 0.6 is 0 Å². The summed E-state index contributed by atoms with van der Waals surface area (Å²) in [6, 6.07) is 7.58. The fourth-order valence-corrected chi connectivity index (χ4v) is 3.30. The Hall–Kier alpha value is -2.35. The molecule has 0 aliphatic rings. The predicted molar refractivity (Wildman–Crippen MR) is 84.0 cm³/mol. The van der Waals surface area contributed by atoms with E-state index in [0.717, 1.165) is 17.5 Å². The molecular weight excluding hydrogens is 302 g/mol. The highest BCUT2D eigenvalue weighted by atomic mass is 32.2. The van der Waals surface area contributed by atoms with Gasteiger partial charge in [0.2, 0.25) is 5.95 Å². The number of para-hydroxylation sites is 2. The molecule has 3 aromatic rings. The third-order valence-corrected chi connectivity index (χ3v) is 4.50. The zero-order chi connectivity index (χ0) is 15.7. The lowest BCUT2D eigenvalue weighted by Crippen LogP contribution is -2.17. The van der Waals surface area contributed by atoms with Crippen LogP contribution in [0.15, 0.2) is 41.8 Å². The number of fused-ring (bicyclic) bond motifs is 1. The number of sulfonamides is 1. The Kier molecular flexibility index (Phi) is 3.61. The maximum atomic E-state index is 12.4. The molecule has 3 rings (SSSR count). The minimum Gasteiger partial charge on any atom is -0.339 e. The summed E-state index contributed by atoms with van der Waals surface area (Å²) in [5.74, 6) is 0.314. The molecule has 0 saturated carbocycles. The van der Waals surface area contributed by atoms with Crippen molar-refractivity contribution < 1.29 is 8.42 Å². The van der Waals surface area contributed by atoms with Gasteiger partial charge >= 0.3 is 0 Å². The molecule has 0 aliphatic heterocycles. The van der Waals surface area contributed by atoms with Gasteiger partial charge in [-0.05, 0) is 18.6 Å². The Balaban J connectivity index is 2.05. The molecular formula is C14H17N5O2S. The molecule has 0 atom stereocenters. The molecule has 7 nitrogen and oxygen atoms in total. The normalized spacial score (nSPS) is 11.9. The average Bonchev–Trinajstić information content (AvgIpc) is 3.05. The molecule has 1 aromatic carbocycles. The van der Waals surface area contributed by atoms with Gasteiger partial charge in [0.1, 0.15) is 0 Å². The first-order valence-electron chi connectivity index (χ1n) is 6.97. The zero-order valence-electron chi connectivity index (χ0n) is 12.4. The van der Waals surface area contributed by atoms with E-state index in [1.807, 2.05) is 35.8 Å². The van der Waals surface area contributed by atoms with Gasteiger partial charge in [-0.1, -0.05) is 19.1 Å². The van der Waals surface area contributed by atoms with E-state index in [9.17, 15) is 8.42 Å². The van der Waals surface area contributed by atoms with Gasteiger partial charge in [-0.15, -0.1) is 0 Å². The summed E-state index contributed by atoms with van der Waals surface area (Å²) >= 11 is 0. The largest absolute Gasteiger partial charge is 0.339 e. The number of hydrogen-bond acceptors (Lipinski definition) is 4. The van der Waals surface area contributed by atoms with Gasteiger partial charge in [0.15, 0.2) is 5.03 Å². The van der Waals surface area contributed by atoms with Gasteiger partial charge in [-0.25, -0.2) is 14.7 Å². The van der Waals surface area contributed by atoms with E-state index in [1.54, 1.807) is 11.6 Å². The van der Waals surface area contributed by atoms with Crippen LogP contribution in [0.3, 0.4) is 0 Å². The molecule has 0 radical (unpaired) electrons. The molecule has 0 aliphatic carbocycles. The van der Waals surface area contributed by atoms with Crippen molar-refractivity contribution in [1.82, 2.24) is 19.1 Å². The molecule has 0 unspecified atom stereocenters. The maximum Gasteiger partial charge on any atom is 0.283 e. The highest BCUT2D eigenvalue weighted by Gasteiger charge is 2.21. The van der Waals surface area contributed by atoms with Gasteiger partial charge in [-0.2, -0.15) is 8.42 Å². The number of rotatable bonds is 5. The van der Waals surface area contributed by atoms with E-state index >= 15 is 0 Å². The fourth-order valence-electron chi connectivity index (χ4n) is 2.30. The molecule has 0 spiro atoms. The van der Waals surface area contributed by atoms with Crippen molar-refractivity contribution in [3.05, 3.63) is 36.8 Å². The second-order valence-electron chi connectivity index (χ2n) is 5.06. The van der Waals surface area contributed by atoms with Crippen molar-refractivity contribution in [2.75, 3.05) is 4.72 Å². The van der Waals surface area contributed by atoms with Crippen LogP contribution in [-0.4, -0.2) is 27.5 Å². The van der Waals surface area contributed by atoms with Gasteiger partial charge in [0.05, 0.1) is 17.4 Å². The molecule has 0 fully saturated rings. The highest BCUT2D eigenvalue weighted by Crippen LogP contribution is 2.22. The predicted octanol–water partition coefficient (Wildman–Crippen LogP) is 1.98. The minimum absolute atomic E-state index is 0.0231. The first-order valence-corrected chi connectivity index (χ1v) is 8.45. The van der Waals surface area contributed by atoms with Crippen molar-refractivity contribution in [3.8, 4) is 0 Å². The fraction of sp³-hybridized carbons (Fsp3) is 0.286. The van der Waals surface area contributed by atoms with Crippen LogP contribution in [0.25, 0.3) is 11.0 Å². The Morgan fingerprint density at radius 2 is 2.05 bits per heavy atom. The summed E-state index contributed by atoms with van der Waals surface area (Å²) in [7, 11) is -2.03. The highest BCUT2D eigenvalue weighted by molar-refractivity contribution is 7.92. The van der Waals surface area contributed by atoms with E-state index in [1.165, 1.54) is 12.5 Å². The molecule has 0 bridgehead atoms. The van der Waals surface area contributed by atoms with Gasteiger partial charge < -0.3 is 9.13 Å². The second kappa shape index (κ2) is 5.45. The number of benzene rings is 1. The average molecular weight is 319 g/mol. The summed E-state index contributed by atoms with van der Waals surface area (Å²) in [6.45, 7) is 2.71. The molecule has 0 amide bonds. The first-order chi connectivity index (χ1) is 10.5. The lowest BCUT2D eigenvalue weighted by Gasteiger charge is -2.09. The number of nitrogens with zero attached hydrogens (tertiary/aromatic N) is 4. The van der Waals surface area contributed by atoms with Crippen LogP contribution in [0.5, 0.6) is 0 Å². The van der Waals surface area contributed by atoms with Crippen LogP contribution in [-0.2, 0) is 23.6 Å². The molecule has 1 N–H and O–H groups in total. The molecule has 116 valence electrons. The lowest BCUT2D eigenvalue weighted by molar-refractivity contribution is 0.596. The van der Waals surface area contributed by atoms with Crippen LogP contribution in [0, 0.1) is 0 Å². The Morgan fingerprint density at radius 3 is 2.73 bits per heavy atom. The Bertz CT molecular complexity index is 910. The van der Waals surface area contributed by atoms with Crippen LogP contribution in [0.2, 0.25) is 0 Å². The number of aromatic nitrogens is 4. The standard InChI is InChI=1S/C14H17N5O2S/c1-3-8-19-12-7-5-4-6-11(12)16-14(19)17-22(20,21)13-9-18(2)10-15-13/h4-7,9-10H,3,8H2,1-2H3,(H,16,17). The van der Waals surface area contributed by atoms with Crippen molar-refractivity contribution >= 4 is 27.0 Å². The smallest absolute Gasteiger partial charge is 0.283 e. The quantitative estimate of drug-likeness (QED) is 0.779. The lowest BCUT2D eigenvalue weighted by atomic mass is 10.3. The van der Waals surface area contributed by atoms with Gasteiger partial charge in [0, 0.05) is 19.8 Å². The minimum atomic E-state index is -3.75. The second-order valence-corrected chi connectivity index (χ2v) is 6.69. The molecule has 22 heavy (non-hydrogen) atoms. The number of anilines is 1. The van der Waals surface area contributed by atoms with Crippen LogP contribution in [0.1, 0.15) is 13.3 Å². The Morgan fingerprint density at radius 1 is 1.27 bits per heavy atom. The van der Waals surface area contributed by atoms with Crippen LogP contribution < -0.4 is 4.72 Å². The van der Waals surface area contributed by atoms with E-state index in [0.29, 0.717) is 12.5 Å². The van der Waals surface area contributed by atoms with E-state index < -0.39 is 10.0 Å². The molecule has 2 heterocycles. The van der Waals surface area contributed by atoms with Crippen molar-refractivity contribution in [1.29, 1.82) is 0 Å².